The largest absolute Gasteiger partial charge is 0.478 e. The fourth-order valence-corrected chi connectivity index (χ4v) is 2.24. The van der Waals surface area contributed by atoms with Crippen LogP contribution in [0.5, 0.6) is 0 Å². The molecule has 1 aromatic carbocycles. The van der Waals surface area contributed by atoms with Gasteiger partial charge in [-0.25, -0.2) is 4.79 Å². The Bertz CT molecular complexity index is 627. The Morgan fingerprint density at radius 3 is 2.39 bits per heavy atom. The maximum atomic E-state index is 11.1. The zero-order valence-corrected chi connectivity index (χ0v) is 11.0. The van der Waals surface area contributed by atoms with Crippen molar-refractivity contribution in [2.45, 2.75) is 20.8 Å². The van der Waals surface area contributed by atoms with Crippen molar-refractivity contribution in [2.24, 2.45) is 7.05 Å². The van der Waals surface area contributed by atoms with E-state index in [0.717, 1.165) is 28.1 Å². The van der Waals surface area contributed by atoms with Crippen LogP contribution in [0, 0.1) is 20.8 Å². The zero-order valence-electron chi connectivity index (χ0n) is 11.0. The fraction of sp³-hybridized carbons (Fsp3) is 0.286. The van der Waals surface area contributed by atoms with Gasteiger partial charge in [0.1, 0.15) is 0 Å². The molecule has 2 rings (SSSR count). The van der Waals surface area contributed by atoms with Gasteiger partial charge < -0.3 is 5.11 Å². The van der Waals surface area contributed by atoms with Crippen LogP contribution in [0.25, 0.3) is 11.1 Å². The number of carboxylic acids is 1. The van der Waals surface area contributed by atoms with Gasteiger partial charge in [0.05, 0.1) is 11.3 Å². The Morgan fingerprint density at radius 2 is 1.89 bits per heavy atom. The Kier molecular flexibility index (Phi) is 2.95. The third-order valence-corrected chi connectivity index (χ3v) is 3.12. The summed E-state index contributed by atoms with van der Waals surface area (Å²) in [6.45, 7) is 5.82. The summed E-state index contributed by atoms with van der Waals surface area (Å²) in [5, 5.41) is 13.5. The molecule has 0 saturated heterocycles. The third-order valence-electron chi connectivity index (χ3n) is 3.12. The van der Waals surface area contributed by atoms with Crippen molar-refractivity contribution in [3.8, 4) is 11.1 Å². The summed E-state index contributed by atoms with van der Waals surface area (Å²) in [4.78, 5) is 11.1. The van der Waals surface area contributed by atoms with E-state index in [0.29, 0.717) is 5.56 Å². The molecule has 1 aromatic heterocycles. The summed E-state index contributed by atoms with van der Waals surface area (Å²) in [5.74, 6) is -0.904. The molecule has 94 valence electrons. The van der Waals surface area contributed by atoms with Gasteiger partial charge >= 0.3 is 5.97 Å². The molecule has 0 aliphatic heterocycles. The van der Waals surface area contributed by atoms with Gasteiger partial charge in [-0.1, -0.05) is 6.07 Å². The first kappa shape index (κ1) is 12.4. The standard InChI is InChI=1S/C14H16N2O2/c1-8-5-11(7-12(6-8)14(17)18)13-9(2)15-16(4)10(13)3/h5-7H,1-4H3,(H,17,18). The smallest absolute Gasteiger partial charge is 0.335 e. The number of hydrogen-bond acceptors (Lipinski definition) is 2. The second kappa shape index (κ2) is 4.29. The van der Waals surface area contributed by atoms with Crippen LogP contribution in [0.2, 0.25) is 0 Å². The van der Waals surface area contributed by atoms with Gasteiger partial charge in [-0.3, -0.25) is 4.68 Å². The monoisotopic (exact) mass is 244 g/mol. The van der Waals surface area contributed by atoms with E-state index in [-0.39, 0.29) is 0 Å². The summed E-state index contributed by atoms with van der Waals surface area (Å²) in [6, 6.07) is 5.36. The maximum absolute atomic E-state index is 11.1. The minimum absolute atomic E-state index is 0.313. The normalized spacial score (nSPS) is 10.7. The van der Waals surface area contributed by atoms with Crippen molar-refractivity contribution in [2.75, 3.05) is 0 Å². The van der Waals surface area contributed by atoms with Gasteiger partial charge in [0.25, 0.3) is 0 Å². The first-order chi connectivity index (χ1) is 8.40. The van der Waals surface area contributed by atoms with E-state index >= 15 is 0 Å². The molecular formula is C14H16N2O2. The highest BCUT2D eigenvalue weighted by molar-refractivity contribution is 5.90. The van der Waals surface area contributed by atoms with E-state index in [2.05, 4.69) is 5.10 Å². The lowest BCUT2D eigenvalue weighted by molar-refractivity contribution is 0.0697. The number of hydrogen-bond donors (Lipinski definition) is 1. The van der Waals surface area contributed by atoms with Crippen LogP contribution in [0.3, 0.4) is 0 Å². The topological polar surface area (TPSA) is 55.1 Å². The number of nitrogens with zero attached hydrogens (tertiary/aromatic N) is 2. The summed E-state index contributed by atoms with van der Waals surface area (Å²) < 4.78 is 1.81. The Morgan fingerprint density at radius 1 is 1.22 bits per heavy atom. The first-order valence-electron chi connectivity index (χ1n) is 5.75. The minimum atomic E-state index is -0.904. The van der Waals surface area contributed by atoms with Crippen molar-refractivity contribution < 1.29 is 9.90 Å². The molecule has 0 aliphatic carbocycles. The fourth-order valence-electron chi connectivity index (χ4n) is 2.24. The SMILES string of the molecule is Cc1cc(C(=O)O)cc(-c2c(C)nn(C)c2C)c1. The van der Waals surface area contributed by atoms with Gasteiger partial charge in [0.15, 0.2) is 0 Å². The van der Waals surface area contributed by atoms with Gasteiger partial charge in [-0.2, -0.15) is 5.10 Å². The minimum Gasteiger partial charge on any atom is -0.478 e. The maximum Gasteiger partial charge on any atom is 0.335 e. The van der Waals surface area contributed by atoms with Crippen molar-refractivity contribution in [3.63, 3.8) is 0 Å². The van der Waals surface area contributed by atoms with Crippen LogP contribution >= 0.6 is 0 Å². The van der Waals surface area contributed by atoms with E-state index < -0.39 is 5.97 Å². The molecule has 1 N–H and O–H groups in total. The molecule has 4 heteroatoms. The number of aryl methyl sites for hydroxylation is 3. The lowest BCUT2D eigenvalue weighted by Crippen LogP contribution is -1.98. The van der Waals surface area contributed by atoms with E-state index in [4.69, 9.17) is 5.11 Å². The molecule has 0 spiro atoms. The summed E-state index contributed by atoms with van der Waals surface area (Å²) >= 11 is 0. The molecule has 0 atom stereocenters. The van der Waals surface area contributed by atoms with E-state index in [1.54, 1.807) is 12.1 Å². The molecule has 0 amide bonds. The molecule has 1 heterocycles. The second-order valence-electron chi connectivity index (χ2n) is 4.56. The van der Waals surface area contributed by atoms with Crippen molar-refractivity contribution in [3.05, 3.63) is 40.7 Å². The van der Waals surface area contributed by atoms with Gasteiger partial charge in [-0.15, -0.1) is 0 Å². The van der Waals surface area contributed by atoms with Gasteiger partial charge in [0, 0.05) is 18.3 Å². The Hall–Kier alpha value is -2.10. The van der Waals surface area contributed by atoms with Crippen molar-refractivity contribution >= 4 is 5.97 Å². The number of rotatable bonds is 2. The quantitative estimate of drug-likeness (QED) is 0.883. The molecule has 4 nitrogen and oxygen atoms in total. The summed E-state index contributed by atoms with van der Waals surface area (Å²) in [6.07, 6.45) is 0. The molecular weight excluding hydrogens is 228 g/mol. The highest BCUT2D eigenvalue weighted by atomic mass is 16.4. The highest BCUT2D eigenvalue weighted by Gasteiger charge is 2.14. The molecule has 0 unspecified atom stereocenters. The molecule has 2 aromatic rings. The molecule has 18 heavy (non-hydrogen) atoms. The van der Waals surface area contributed by atoms with Crippen LogP contribution in [0.4, 0.5) is 0 Å². The van der Waals surface area contributed by atoms with Crippen LogP contribution in [-0.2, 0) is 7.05 Å². The van der Waals surface area contributed by atoms with Gasteiger partial charge in [0.2, 0.25) is 0 Å². The third kappa shape index (κ3) is 2.01. The predicted molar refractivity (Wildman–Crippen MR) is 69.8 cm³/mol. The number of benzene rings is 1. The summed E-state index contributed by atoms with van der Waals surface area (Å²) in [5.41, 5.74) is 5.13. The molecule has 0 fully saturated rings. The second-order valence-corrected chi connectivity index (χ2v) is 4.56. The number of carbonyl (C=O) groups is 1. The van der Waals surface area contributed by atoms with Crippen LogP contribution < -0.4 is 0 Å². The van der Waals surface area contributed by atoms with Crippen molar-refractivity contribution in [1.29, 1.82) is 0 Å². The van der Waals surface area contributed by atoms with E-state index in [9.17, 15) is 4.79 Å². The van der Waals surface area contributed by atoms with Crippen LogP contribution in [-0.4, -0.2) is 20.9 Å². The lowest BCUT2D eigenvalue weighted by atomic mass is 9.99. The number of carboxylic acid groups (broad SMARTS) is 1. The highest BCUT2D eigenvalue weighted by Crippen LogP contribution is 2.28. The number of aromatic carboxylic acids is 1. The molecule has 0 radical (unpaired) electrons. The predicted octanol–water partition coefficient (Wildman–Crippen LogP) is 2.71. The van der Waals surface area contributed by atoms with Gasteiger partial charge in [-0.05, 0) is 44.0 Å². The van der Waals surface area contributed by atoms with Crippen molar-refractivity contribution in [1.82, 2.24) is 9.78 Å². The zero-order chi connectivity index (χ0) is 13.4. The molecule has 0 aliphatic rings. The first-order valence-corrected chi connectivity index (χ1v) is 5.75. The molecule has 0 bridgehead atoms. The average molecular weight is 244 g/mol. The van der Waals surface area contributed by atoms with Crippen LogP contribution in [0.1, 0.15) is 27.3 Å². The Balaban J connectivity index is 2.67. The lowest BCUT2D eigenvalue weighted by Gasteiger charge is -2.06. The molecule has 0 saturated carbocycles. The Labute approximate surface area is 106 Å². The summed E-state index contributed by atoms with van der Waals surface area (Å²) in [7, 11) is 1.89. The van der Waals surface area contributed by atoms with E-state index in [1.807, 2.05) is 38.6 Å². The number of aromatic nitrogens is 2. The van der Waals surface area contributed by atoms with Crippen LogP contribution in [0.15, 0.2) is 18.2 Å². The van der Waals surface area contributed by atoms with E-state index in [1.165, 1.54) is 0 Å². The average Bonchev–Trinajstić information content (AvgIpc) is 2.52.